The summed E-state index contributed by atoms with van der Waals surface area (Å²) in [5, 5.41) is 0. The van der Waals surface area contributed by atoms with Crippen LogP contribution in [-0.2, 0) is 4.74 Å². The number of rotatable bonds is 3. The Morgan fingerprint density at radius 2 is 2.12 bits per heavy atom. The van der Waals surface area contributed by atoms with Crippen LogP contribution in [0.3, 0.4) is 0 Å². The first-order valence-corrected chi connectivity index (χ1v) is 6.17. The summed E-state index contributed by atoms with van der Waals surface area (Å²) in [5.41, 5.74) is 1.22. The van der Waals surface area contributed by atoms with Crippen molar-refractivity contribution in [3.05, 3.63) is 29.8 Å². The molecule has 0 spiro atoms. The summed E-state index contributed by atoms with van der Waals surface area (Å²) in [7, 11) is 0. The summed E-state index contributed by atoms with van der Waals surface area (Å²) in [4.78, 5) is 0. The zero-order chi connectivity index (χ0) is 11.0. The summed E-state index contributed by atoms with van der Waals surface area (Å²) in [6, 6.07) is 8.22. The Kier molecular flexibility index (Phi) is 2.60. The normalized spacial score (nSPS) is 31.9. The Labute approximate surface area is 96.6 Å². The van der Waals surface area contributed by atoms with Crippen LogP contribution in [0.1, 0.15) is 24.8 Å². The fraction of sp³-hybridized carbons (Fsp3) is 0.571. The highest BCUT2D eigenvalue weighted by Gasteiger charge is 2.43. The van der Waals surface area contributed by atoms with E-state index in [9.17, 15) is 0 Å². The van der Waals surface area contributed by atoms with E-state index >= 15 is 0 Å². The van der Waals surface area contributed by atoms with Crippen LogP contribution in [0.25, 0.3) is 0 Å². The molecule has 1 heterocycles. The first-order valence-electron chi connectivity index (χ1n) is 6.17. The standard InChI is InChI=1S/C14H18O2/c1-10-4-2-3-5-12(10)15-9-11-6-7-13-14(8-11)16-13/h2-5,11,13-14H,6-9H2,1H3. The maximum Gasteiger partial charge on any atom is 0.122 e. The molecule has 16 heavy (non-hydrogen) atoms. The zero-order valence-electron chi connectivity index (χ0n) is 9.69. The molecule has 0 aromatic heterocycles. The van der Waals surface area contributed by atoms with E-state index in [2.05, 4.69) is 19.1 Å². The van der Waals surface area contributed by atoms with Crippen LogP contribution in [0.5, 0.6) is 5.75 Å². The van der Waals surface area contributed by atoms with Gasteiger partial charge in [-0.05, 0) is 43.7 Å². The number of hydrogen-bond donors (Lipinski definition) is 0. The molecular formula is C14H18O2. The second kappa shape index (κ2) is 4.10. The fourth-order valence-electron chi connectivity index (χ4n) is 2.56. The van der Waals surface area contributed by atoms with Crippen LogP contribution in [0.4, 0.5) is 0 Å². The second-order valence-corrected chi connectivity index (χ2v) is 4.97. The monoisotopic (exact) mass is 218 g/mol. The summed E-state index contributed by atoms with van der Waals surface area (Å²) in [6.07, 6.45) is 4.82. The first-order chi connectivity index (χ1) is 7.83. The lowest BCUT2D eigenvalue weighted by atomic mass is 9.90. The summed E-state index contributed by atoms with van der Waals surface area (Å²) in [5.74, 6) is 1.71. The van der Waals surface area contributed by atoms with Gasteiger partial charge >= 0.3 is 0 Å². The Morgan fingerprint density at radius 1 is 1.25 bits per heavy atom. The third kappa shape index (κ3) is 2.07. The van der Waals surface area contributed by atoms with Gasteiger partial charge in [0.2, 0.25) is 0 Å². The molecule has 2 aliphatic rings. The van der Waals surface area contributed by atoms with Crippen molar-refractivity contribution < 1.29 is 9.47 Å². The van der Waals surface area contributed by atoms with Gasteiger partial charge in [-0.2, -0.15) is 0 Å². The van der Waals surface area contributed by atoms with Gasteiger partial charge in [-0.3, -0.25) is 0 Å². The summed E-state index contributed by atoms with van der Waals surface area (Å²) in [6.45, 7) is 2.94. The maximum atomic E-state index is 5.89. The highest BCUT2D eigenvalue weighted by Crippen LogP contribution is 2.39. The van der Waals surface area contributed by atoms with Gasteiger partial charge in [-0.15, -0.1) is 0 Å². The van der Waals surface area contributed by atoms with Crippen LogP contribution >= 0.6 is 0 Å². The summed E-state index contributed by atoms with van der Waals surface area (Å²) < 4.78 is 11.4. The average molecular weight is 218 g/mol. The minimum Gasteiger partial charge on any atom is -0.493 e. The SMILES string of the molecule is Cc1ccccc1OCC1CCC2OC2C1. The van der Waals surface area contributed by atoms with Crippen molar-refractivity contribution >= 4 is 0 Å². The number of hydrogen-bond acceptors (Lipinski definition) is 2. The number of para-hydroxylation sites is 1. The van der Waals surface area contributed by atoms with Crippen LogP contribution in [0, 0.1) is 12.8 Å². The molecule has 2 fully saturated rings. The van der Waals surface area contributed by atoms with Crippen LogP contribution in [0.2, 0.25) is 0 Å². The van der Waals surface area contributed by atoms with Gasteiger partial charge in [-0.25, -0.2) is 0 Å². The van der Waals surface area contributed by atoms with E-state index in [0.717, 1.165) is 12.4 Å². The van der Waals surface area contributed by atoms with Crippen LogP contribution < -0.4 is 4.74 Å². The van der Waals surface area contributed by atoms with Crippen molar-refractivity contribution in [1.82, 2.24) is 0 Å². The molecule has 1 aliphatic heterocycles. The van der Waals surface area contributed by atoms with Gasteiger partial charge < -0.3 is 9.47 Å². The molecule has 0 N–H and O–H groups in total. The van der Waals surface area contributed by atoms with E-state index in [4.69, 9.17) is 9.47 Å². The molecule has 1 saturated heterocycles. The lowest BCUT2D eigenvalue weighted by Crippen LogP contribution is -2.20. The lowest BCUT2D eigenvalue weighted by Gasteiger charge is -2.19. The van der Waals surface area contributed by atoms with Gasteiger partial charge in [0.05, 0.1) is 18.8 Å². The molecule has 1 aromatic carbocycles. The molecule has 0 bridgehead atoms. The second-order valence-electron chi connectivity index (χ2n) is 4.97. The highest BCUT2D eigenvalue weighted by molar-refractivity contribution is 5.31. The van der Waals surface area contributed by atoms with Crippen molar-refractivity contribution in [3.63, 3.8) is 0 Å². The Bertz CT molecular complexity index is 375. The van der Waals surface area contributed by atoms with E-state index in [1.165, 1.54) is 24.8 Å². The first kappa shape index (κ1) is 10.2. The number of aryl methyl sites for hydroxylation is 1. The van der Waals surface area contributed by atoms with Crippen molar-refractivity contribution in [3.8, 4) is 5.75 Å². The maximum absolute atomic E-state index is 5.89. The topological polar surface area (TPSA) is 21.8 Å². The molecule has 1 saturated carbocycles. The minimum atomic E-state index is 0.555. The molecule has 0 amide bonds. The molecule has 3 atom stereocenters. The van der Waals surface area contributed by atoms with E-state index in [1.807, 2.05) is 12.1 Å². The van der Waals surface area contributed by atoms with Crippen molar-refractivity contribution in [2.45, 2.75) is 38.4 Å². The Balaban J connectivity index is 1.54. The molecule has 3 unspecified atom stereocenters. The van der Waals surface area contributed by atoms with Gasteiger partial charge in [0, 0.05) is 0 Å². The van der Waals surface area contributed by atoms with Crippen molar-refractivity contribution in [2.75, 3.05) is 6.61 Å². The van der Waals surface area contributed by atoms with Gasteiger partial charge in [-0.1, -0.05) is 18.2 Å². The molecule has 1 aromatic rings. The van der Waals surface area contributed by atoms with Gasteiger partial charge in [0.15, 0.2) is 0 Å². The highest BCUT2D eigenvalue weighted by atomic mass is 16.6. The fourth-order valence-corrected chi connectivity index (χ4v) is 2.56. The van der Waals surface area contributed by atoms with Crippen molar-refractivity contribution in [1.29, 1.82) is 0 Å². The van der Waals surface area contributed by atoms with Crippen LogP contribution in [-0.4, -0.2) is 18.8 Å². The quantitative estimate of drug-likeness (QED) is 0.728. The van der Waals surface area contributed by atoms with E-state index in [1.54, 1.807) is 0 Å². The Hall–Kier alpha value is -1.02. The number of epoxide rings is 1. The average Bonchev–Trinajstić information content (AvgIpc) is 3.06. The minimum absolute atomic E-state index is 0.555. The molecule has 3 rings (SSSR count). The van der Waals surface area contributed by atoms with Crippen molar-refractivity contribution in [2.24, 2.45) is 5.92 Å². The third-order valence-electron chi connectivity index (χ3n) is 3.68. The van der Waals surface area contributed by atoms with E-state index < -0.39 is 0 Å². The number of ether oxygens (including phenoxy) is 2. The molecule has 2 nitrogen and oxygen atoms in total. The summed E-state index contributed by atoms with van der Waals surface area (Å²) >= 11 is 0. The van der Waals surface area contributed by atoms with Gasteiger partial charge in [0.1, 0.15) is 5.75 Å². The van der Waals surface area contributed by atoms with E-state index in [0.29, 0.717) is 18.1 Å². The predicted molar refractivity (Wildman–Crippen MR) is 62.7 cm³/mol. The molecule has 1 aliphatic carbocycles. The predicted octanol–water partition coefficient (Wildman–Crippen LogP) is 2.94. The lowest BCUT2D eigenvalue weighted by molar-refractivity contribution is 0.216. The van der Waals surface area contributed by atoms with E-state index in [-0.39, 0.29) is 0 Å². The largest absolute Gasteiger partial charge is 0.493 e. The molecule has 0 radical (unpaired) electrons. The number of fused-ring (bicyclic) bond motifs is 1. The smallest absolute Gasteiger partial charge is 0.122 e. The zero-order valence-corrected chi connectivity index (χ0v) is 9.69. The van der Waals surface area contributed by atoms with Crippen LogP contribution in [0.15, 0.2) is 24.3 Å². The Morgan fingerprint density at radius 3 is 2.94 bits per heavy atom. The van der Waals surface area contributed by atoms with Gasteiger partial charge in [0.25, 0.3) is 0 Å². The third-order valence-corrected chi connectivity index (χ3v) is 3.68. The number of benzene rings is 1. The molecule has 2 heteroatoms. The molecule has 86 valence electrons. The molecular weight excluding hydrogens is 200 g/mol.